The molecular weight excluding hydrogens is 286 g/mol. The van der Waals surface area contributed by atoms with Crippen molar-refractivity contribution in [2.75, 3.05) is 6.54 Å². The van der Waals surface area contributed by atoms with E-state index in [9.17, 15) is 8.42 Å². The van der Waals surface area contributed by atoms with Gasteiger partial charge in [0.05, 0.1) is 11.5 Å². The van der Waals surface area contributed by atoms with Crippen LogP contribution in [0.25, 0.3) is 0 Å². The molecule has 0 aliphatic heterocycles. The standard InChI is InChI=1S/C13H18ClNO3S/c14-13-8-12(6-5-11(13)9-16)19(17,18)15-7-1-2-10-3-4-10/h5-6,8,10,15-16H,1-4,7,9H2. The van der Waals surface area contributed by atoms with E-state index in [2.05, 4.69) is 4.72 Å². The average molecular weight is 304 g/mol. The maximum Gasteiger partial charge on any atom is 0.240 e. The van der Waals surface area contributed by atoms with E-state index in [0.29, 0.717) is 12.1 Å². The van der Waals surface area contributed by atoms with Crippen LogP contribution in [0.15, 0.2) is 23.1 Å². The summed E-state index contributed by atoms with van der Waals surface area (Å²) in [5.74, 6) is 0.808. The van der Waals surface area contributed by atoms with Crippen molar-refractivity contribution in [3.05, 3.63) is 28.8 Å². The lowest BCUT2D eigenvalue weighted by molar-refractivity contribution is 0.282. The third kappa shape index (κ3) is 4.18. The second-order valence-electron chi connectivity index (χ2n) is 4.89. The largest absolute Gasteiger partial charge is 0.392 e. The highest BCUT2D eigenvalue weighted by Gasteiger charge is 2.21. The molecule has 2 N–H and O–H groups in total. The van der Waals surface area contributed by atoms with Gasteiger partial charge in [0.1, 0.15) is 0 Å². The monoisotopic (exact) mass is 303 g/mol. The summed E-state index contributed by atoms with van der Waals surface area (Å²) in [6, 6.07) is 4.36. The zero-order chi connectivity index (χ0) is 13.9. The number of aliphatic hydroxyl groups excluding tert-OH is 1. The summed E-state index contributed by atoms with van der Waals surface area (Å²) in [5.41, 5.74) is 0.523. The molecule has 1 aromatic carbocycles. The number of benzene rings is 1. The highest BCUT2D eigenvalue weighted by atomic mass is 35.5. The van der Waals surface area contributed by atoms with E-state index in [4.69, 9.17) is 16.7 Å². The Kier molecular flexibility index (Phi) is 4.84. The molecule has 4 nitrogen and oxygen atoms in total. The van der Waals surface area contributed by atoms with E-state index in [0.717, 1.165) is 18.8 Å². The molecule has 0 bridgehead atoms. The first kappa shape index (κ1) is 14.8. The third-order valence-corrected chi connectivity index (χ3v) is 5.09. The Balaban J connectivity index is 1.95. The van der Waals surface area contributed by atoms with Gasteiger partial charge in [-0.25, -0.2) is 13.1 Å². The van der Waals surface area contributed by atoms with Gasteiger partial charge in [0.15, 0.2) is 0 Å². The van der Waals surface area contributed by atoms with Crippen molar-refractivity contribution >= 4 is 21.6 Å². The van der Waals surface area contributed by atoms with E-state index in [-0.39, 0.29) is 16.5 Å². The molecule has 0 aromatic heterocycles. The number of hydrogen-bond donors (Lipinski definition) is 2. The van der Waals surface area contributed by atoms with Crippen molar-refractivity contribution in [3.63, 3.8) is 0 Å². The zero-order valence-electron chi connectivity index (χ0n) is 10.6. The molecule has 1 aromatic rings. The fourth-order valence-corrected chi connectivity index (χ4v) is 3.32. The van der Waals surface area contributed by atoms with Gasteiger partial charge in [-0.15, -0.1) is 0 Å². The fraction of sp³-hybridized carbons (Fsp3) is 0.538. The van der Waals surface area contributed by atoms with Crippen LogP contribution >= 0.6 is 11.6 Å². The first-order chi connectivity index (χ1) is 9.03. The molecule has 1 fully saturated rings. The maximum absolute atomic E-state index is 12.0. The number of hydrogen-bond acceptors (Lipinski definition) is 3. The summed E-state index contributed by atoms with van der Waals surface area (Å²) in [4.78, 5) is 0.140. The molecule has 1 saturated carbocycles. The smallest absolute Gasteiger partial charge is 0.240 e. The lowest BCUT2D eigenvalue weighted by Crippen LogP contribution is -2.24. The van der Waals surface area contributed by atoms with Crippen LogP contribution in [-0.4, -0.2) is 20.1 Å². The van der Waals surface area contributed by atoms with Crippen LogP contribution in [0.2, 0.25) is 5.02 Å². The summed E-state index contributed by atoms with van der Waals surface area (Å²) >= 11 is 5.89. The van der Waals surface area contributed by atoms with Crippen LogP contribution < -0.4 is 4.72 Å². The first-order valence-corrected chi connectivity index (χ1v) is 8.28. The van der Waals surface area contributed by atoms with Crippen molar-refractivity contribution in [1.29, 1.82) is 0 Å². The van der Waals surface area contributed by atoms with Gasteiger partial charge in [-0.3, -0.25) is 0 Å². The normalized spacial score (nSPS) is 15.7. The molecule has 6 heteroatoms. The van der Waals surface area contributed by atoms with E-state index < -0.39 is 10.0 Å². The highest BCUT2D eigenvalue weighted by molar-refractivity contribution is 7.89. The highest BCUT2D eigenvalue weighted by Crippen LogP contribution is 2.33. The molecule has 0 unspecified atom stereocenters. The minimum absolute atomic E-state index is 0.140. The van der Waals surface area contributed by atoms with Gasteiger partial charge in [0, 0.05) is 11.6 Å². The second kappa shape index (κ2) is 6.22. The number of sulfonamides is 1. The van der Waals surface area contributed by atoms with E-state index in [1.807, 2.05) is 0 Å². The van der Waals surface area contributed by atoms with Crippen LogP contribution in [0.5, 0.6) is 0 Å². The minimum atomic E-state index is -3.50. The maximum atomic E-state index is 12.0. The molecule has 0 heterocycles. The minimum Gasteiger partial charge on any atom is -0.392 e. The SMILES string of the molecule is O=S(=O)(NCCCC1CC1)c1ccc(CO)c(Cl)c1. The van der Waals surface area contributed by atoms with Crippen molar-refractivity contribution < 1.29 is 13.5 Å². The Hall–Kier alpha value is -0.620. The number of aliphatic hydroxyl groups is 1. The number of rotatable bonds is 7. The zero-order valence-corrected chi connectivity index (χ0v) is 12.2. The van der Waals surface area contributed by atoms with Crippen LogP contribution in [0.4, 0.5) is 0 Å². The molecule has 0 atom stereocenters. The Bertz CT molecular complexity index is 541. The van der Waals surface area contributed by atoms with Crippen LogP contribution in [0, 0.1) is 5.92 Å². The molecular formula is C13H18ClNO3S. The first-order valence-electron chi connectivity index (χ1n) is 6.42. The number of halogens is 1. The molecule has 0 spiro atoms. The summed E-state index contributed by atoms with van der Waals surface area (Å²) in [5, 5.41) is 9.26. The number of nitrogens with one attached hydrogen (secondary N) is 1. The Morgan fingerprint density at radius 1 is 1.37 bits per heavy atom. The molecule has 2 rings (SSSR count). The van der Waals surface area contributed by atoms with Crippen LogP contribution in [0.1, 0.15) is 31.2 Å². The molecule has 0 radical (unpaired) electrons. The molecule has 0 saturated heterocycles. The molecule has 1 aliphatic carbocycles. The Morgan fingerprint density at radius 3 is 2.68 bits per heavy atom. The summed E-state index contributed by atoms with van der Waals surface area (Å²) in [6.07, 6.45) is 4.52. The van der Waals surface area contributed by atoms with Gasteiger partial charge < -0.3 is 5.11 Å². The lowest BCUT2D eigenvalue weighted by atomic mass is 10.2. The molecule has 19 heavy (non-hydrogen) atoms. The van der Waals surface area contributed by atoms with E-state index >= 15 is 0 Å². The topological polar surface area (TPSA) is 66.4 Å². The van der Waals surface area contributed by atoms with E-state index in [1.165, 1.54) is 31.0 Å². The fourth-order valence-electron chi connectivity index (χ4n) is 1.91. The average Bonchev–Trinajstić information content (AvgIpc) is 3.18. The van der Waals surface area contributed by atoms with Gasteiger partial charge in [-0.1, -0.05) is 30.5 Å². The molecule has 106 valence electrons. The van der Waals surface area contributed by atoms with Crippen molar-refractivity contribution in [2.45, 2.75) is 37.2 Å². The quantitative estimate of drug-likeness (QED) is 0.760. The second-order valence-corrected chi connectivity index (χ2v) is 7.07. The molecule has 0 amide bonds. The lowest BCUT2D eigenvalue weighted by Gasteiger charge is -2.08. The van der Waals surface area contributed by atoms with E-state index in [1.54, 1.807) is 0 Å². The van der Waals surface area contributed by atoms with Gasteiger partial charge >= 0.3 is 0 Å². The van der Waals surface area contributed by atoms with Gasteiger partial charge in [0.2, 0.25) is 10.0 Å². The van der Waals surface area contributed by atoms with Crippen molar-refractivity contribution in [1.82, 2.24) is 4.72 Å². The summed E-state index contributed by atoms with van der Waals surface area (Å²) in [6.45, 7) is 0.256. The predicted molar refractivity (Wildman–Crippen MR) is 74.5 cm³/mol. The van der Waals surface area contributed by atoms with Gasteiger partial charge in [0.25, 0.3) is 0 Å². The van der Waals surface area contributed by atoms with Crippen LogP contribution in [0.3, 0.4) is 0 Å². The van der Waals surface area contributed by atoms with Gasteiger partial charge in [-0.2, -0.15) is 0 Å². The Morgan fingerprint density at radius 2 is 2.11 bits per heavy atom. The summed E-state index contributed by atoms with van der Waals surface area (Å²) in [7, 11) is -3.50. The summed E-state index contributed by atoms with van der Waals surface area (Å²) < 4.78 is 26.6. The van der Waals surface area contributed by atoms with Gasteiger partial charge in [-0.05, 0) is 36.5 Å². The molecule has 1 aliphatic rings. The van der Waals surface area contributed by atoms with Crippen molar-refractivity contribution in [3.8, 4) is 0 Å². The third-order valence-electron chi connectivity index (χ3n) is 3.28. The van der Waals surface area contributed by atoms with Crippen LogP contribution in [-0.2, 0) is 16.6 Å². The van der Waals surface area contributed by atoms with Crippen molar-refractivity contribution in [2.24, 2.45) is 5.92 Å². The Labute approximate surface area is 118 Å². The predicted octanol–water partition coefficient (Wildman–Crippen LogP) is 2.30.